The van der Waals surface area contributed by atoms with Gasteiger partial charge in [0, 0.05) is 5.02 Å². The Kier molecular flexibility index (Phi) is 4.88. The highest BCUT2D eigenvalue weighted by Crippen LogP contribution is 2.38. The highest BCUT2D eigenvalue weighted by atomic mass is 35.5. The van der Waals surface area contributed by atoms with E-state index in [-0.39, 0.29) is 39.3 Å². The number of aromatic nitrogens is 4. The summed E-state index contributed by atoms with van der Waals surface area (Å²) in [5, 5.41) is 5.33. The number of benzene rings is 2. The maximum absolute atomic E-state index is 13.7. The van der Waals surface area contributed by atoms with Gasteiger partial charge in [-0.25, -0.2) is 13.1 Å². The fourth-order valence-corrected chi connectivity index (χ4v) is 6.23. The largest absolute Gasteiger partial charge is 0.383 e. The summed E-state index contributed by atoms with van der Waals surface area (Å²) in [5.74, 6) is 0.230. The lowest BCUT2D eigenvalue weighted by Crippen LogP contribution is -2.41. The van der Waals surface area contributed by atoms with Gasteiger partial charge < -0.3 is 11.5 Å². The molecular weight excluding hydrogens is 473 g/mol. The van der Waals surface area contributed by atoms with Gasteiger partial charge in [-0.15, -0.1) is 0 Å². The van der Waals surface area contributed by atoms with Gasteiger partial charge in [0.05, 0.1) is 34.9 Å². The Morgan fingerprint density at radius 2 is 1.84 bits per heavy atom. The van der Waals surface area contributed by atoms with Gasteiger partial charge in [0.15, 0.2) is 5.65 Å². The molecule has 32 heavy (non-hydrogen) atoms. The first-order valence-electron chi connectivity index (χ1n) is 9.57. The number of fused-ring (bicyclic) bond motifs is 2. The molecule has 12 heteroatoms. The van der Waals surface area contributed by atoms with Crippen molar-refractivity contribution in [3.8, 4) is 0 Å². The fourth-order valence-electron chi connectivity index (χ4n) is 3.95. The Hall–Kier alpha value is -3.08. The smallest absolute Gasteiger partial charge is 0.265 e. The SMILES string of the molecule is Nc1nc(N)c2cnn(C3Cc4ccccc4N(S(=O)(=O)c4cc(Cl)ccc4Cl)C3)c2n1. The van der Waals surface area contributed by atoms with Gasteiger partial charge in [0.2, 0.25) is 5.95 Å². The lowest BCUT2D eigenvalue weighted by Gasteiger charge is -2.35. The number of anilines is 3. The molecule has 0 saturated heterocycles. The van der Waals surface area contributed by atoms with E-state index in [9.17, 15) is 8.42 Å². The van der Waals surface area contributed by atoms with Crippen LogP contribution in [0, 0.1) is 0 Å². The van der Waals surface area contributed by atoms with Crippen molar-refractivity contribution in [3.63, 3.8) is 0 Å². The Morgan fingerprint density at radius 1 is 1.06 bits per heavy atom. The first-order chi connectivity index (χ1) is 15.3. The lowest BCUT2D eigenvalue weighted by atomic mass is 10.00. The van der Waals surface area contributed by atoms with Crippen molar-refractivity contribution in [2.75, 3.05) is 22.3 Å². The van der Waals surface area contributed by atoms with E-state index < -0.39 is 10.0 Å². The number of sulfonamides is 1. The van der Waals surface area contributed by atoms with Gasteiger partial charge in [-0.3, -0.25) is 4.31 Å². The summed E-state index contributed by atoms with van der Waals surface area (Å²) in [7, 11) is -4.03. The van der Waals surface area contributed by atoms with Crippen LogP contribution in [-0.2, 0) is 16.4 Å². The molecule has 9 nitrogen and oxygen atoms in total. The molecule has 1 aliphatic heterocycles. The van der Waals surface area contributed by atoms with Crippen LogP contribution in [0.15, 0.2) is 53.6 Å². The molecule has 2 aromatic carbocycles. The molecule has 4 N–H and O–H groups in total. The number of hydrogen-bond acceptors (Lipinski definition) is 7. The Balaban J connectivity index is 1.66. The van der Waals surface area contributed by atoms with Crippen molar-refractivity contribution < 1.29 is 8.42 Å². The number of nitrogens with two attached hydrogens (primary N) is 2. The van der Waals surface area contributed by atoms with Crippen LogP contribution in [0.4, 0.5) is 17.5 Å². The maximum Gasteiger partial charge on any atom is 0.265 e. The zero-order chi connectivity index (χ0) is 22.6. The maximum atomic E-state index is 13.7. The average Bonchev–Trinajstić information content (AvgIpc) is 3.18. The van der Waals surface area contributed by atoms with Crippen LogP contribution < -0.4 is 15.8 Å². The molecule has 1 atom stereocenters. The van der Waals surface area contributed by atoms with Crippen LogP contribution in [-0.4, -0.2) is 34.7 Å². The van der Waals surface area contributed by atoms with Crippen LogP contribution in [0.3, 0.4) is 0 Å². The quantitative estimate of drug-likeness (QED) is 0.450. The summed E-state index contributed by atoms with van der Waals surface area (Å²) in [5.41, 5.74) is 13.6. The van der Waals surface area contributed by atoms with Crippen LogP contribution in [0.25, 0.3) is 11.0 Å². The second kappa shape index (κ2) is 7.51. The number of nitrogen functional groups attached to an aromatic ring is 2. The summed E-state index contributed by atoms with van der Waals surface area (Å²) >= 11 is 12.3. The first kappa shape index (κ1) is 20.8. The van der Waals surface area contributed by atoms with Gasteiger partial charge in [-0.05, 0) is 36.2 Å². The summed E-state index contributed by atoms with van der Waals surface area (Å²) < 4.78 is 30.4. The van der Waals surface area contributed by atoms with Crippen molar-refractivity contribution in [1.82, 2.24) is 19.7 Å². The molecule has 0 spiro atoms. The van der Waals surface area contributed by atoms with Gasteiger partial charge in [0.25, 0.3) is 10.0 Å². The molecule has 0 amide bonds. The molecule has 0 fully saturated rings. The molecule has 0 aliphatic carbocycles. The third-order valence-electron chi connectivity index (χ3n) is 5.40. The van der Waals surface area contributed by atoms with E-state index in [1.165, 1.54) is 16.4 Å². The van der Waals surface area contributed by atoms with E-state index in [2.05, 4.69) is 15.1 Å². The van der Waals surface area contributed by atoms with E-state index in [4.69, 9.17) is 34.7 Å². The van der Waals surface area contributed by atoms with E-state index >= 15 is 0 Å². The molecule has 2 aromatic heterocycles. The highest BCUT2D eigenvalue weighted by molar-refractivity contribution is 7.93. The van der Waals surface area contributed by atoms with E-state index in [0.29, 0.717) is 23.1 Å². The molecular formula is C20H17Cl2N7O2S. The second-order valence-corrected chi connectivity index (χ2v) is 10.1. The Morgan fingerprint density at radius 3 is 2.66 bits per heavy atom. The molecule has 164 valence electrons. The summed E-state index contributed by atoms with van der Waals surface area (Å²) in [6, 6.07) is 11.3. The highest BCUT2D eigenvalue weighted by Gasteiger charge is 2.36. The standard InChI is InChI=1S/C20H17Cl2N7O2S/c21-12-5-6-15(22)17(8-12)32(30,31)28-10-13(7-11-3-1-2-4-16(11)28)29-19-14(9-25-29)18(23)26-20(24)27-19/h1-6,8-9,13H,7,10H2,(H4,23,24,26,27). The van der Waals surface area contributed by atoms with Gasteiger partial charge in [-0.1, -0.05) is 41.4 Å². The van der Waals surface area contributed by atoms with Crippen LogP contribution in [0.5, 0.6) is 0 Å². The minimum Gasteiger partial charge on any atom is -0.383 e. The Bertz CT molecular complexity index is 1470. The van der Waals surface area contributed by atoms with Crippen LogP contribution in [0.1, 0.15) is 11.6 Å². The molecule has 1 aliphatic rings. The van der Waals surface area contributed by atoms with Crippen molar-refractivity contribution in [2.45, 2.75) is 17.4 Å². The molecule has 0 saturated carbocycles. The van der Waals surface area contributed by atoms with Crippen LogP contribution in [0.2, 0.25) is 10.0 Å². The molecule has 4 aromatic rings. The van der Waals surface area contributed by atoms with Crippen molar-refractivity contribution in [2.24, 2.45) is 0 Å². The number of hydrogen-bond donors (Lipinski definition) is 2. The topological polar surface area (TPSA) is 133 Å². The molecule has 0 radical (unpaired) electrons. The Labute approximate surface area is 193 Å². The molecule has 5 rings (SSSR count). The molecule has 1 unspecified atom stereocenters. The lowest BCUT2D eigenvalue weighted by molar-refractivity contribution is 0.456. The van der Waals surface area contributed by atoms with Gasteiger partial charge >= 0.3 is 0 Å². The van der Waals surface area contributed by atoms with Gasteiger partial charge in [0.1, 0.15) is 10.7 Å². The molecule has 0 bridgehead atoms. The fraction of sp³-hybridized carbons (Fsp3) is 0.150. The van der Waals surface area contributed by atoms with E-state index in [1.807, 2.05) is 12.1 Å². The average molecular weight is 490 g/mol. The van der Waals surface area contributed by atoms with E-state index in [1.54, 1.807) is 29.1 Å². The third kappa shape index (κ3) is 3.31. The zero-order valence-electron chi connectivity index (χ0n) is 16.5. The van der Waals surface area contributed by atoms with Gasteiger partial charge in [-0.2, -0.15) is 15.1 Å². The van der Waals surface area contributed by atoms with Crippen molar-refractivity contribution >= 4 is 61.7 Å². The minimum absolute atomic E-state index is 0.0168. The second-order valence-electron chi connectivity index (χ2n) is 7.39. The number of para-hydroxylation sites is 1. The van der Waals surface area contributed by atoms with Crippen molar-refractivity contribution in [3.05, 3.63) is 64.3 Å². The number of nitrogens with zero attached hydrogens (tertiary/aromatic N) is 5. The molecule has 3 heterocycles. The summed E-state index contributed by atoms with van der Waals surface area (Å²) in [4.78, 5) is 8.18. The summed E-state index contributed by atoms with van der Waals surface area (Å²) in [6.07, 6.45) is 2.09. The van der Waals surface area contributed by atoms with Crippen molar-refractivity contribution in [1.29, 1.82) is 0 Å². The van der Waals surface area contributed by atoms with Crippen LogP contribution >= 0.6 is 23.2 Å². The third-order valence-corrected chi connectivity index (χ3v) is 7.90. The minimum atomic E-state index is -4.03. The number of halogens is 2. The predicted octanol–water partition coefficient (Wildman–Crippen LogP) is 3.29. The normalized spacial score (nSPS) is 16.3. The zero-order valence-corrected chi connectivity index (χ0v) is 18.8. The predicted molar refractivity (Wildman–Crippen MR) is 124 cm³/mol. The number of rotatable bonds is 3. The first-order valence-corrected chi connectivity index (χ1v) is 11.8. The monoisotopic (exact) mass is 489 g/mol. The summed E-state index contributed by atoms with van der Waals surface area (Å²) in [6.45, 7) is 0.1000. The van der Waals surface area contributed by atoms with E-state index in [0.717, 1.165) is 5.56 Å².